The van der Waals surface area contributed by atoms with Crippen LogP contribution in [0.25, 0.3) is 10.9 Å². The van der Waals surface area contributed by atoms with Crippen LogP contribution in [-0.2, 0) is 10.0 Å². The molecule has 2 N–H and O–H groups in total. The molecule has 0 aliphatic carbocycles. The molecule has 1 atom stereocenters. The number of benzene rings is 3. The Balaban J connectivity index is 1.67. The topological polar surface area (TPSA) is 82.3 Å². The van der Waals surface area contributed by atoms with Crippen molar-refractivity contribution in [1.82, 2.24) is 9.71 Å². The highest BCUT2D eigenvalue weighted by atomic mass is 32.2. The molecule has 0 saturated heterocycles. The van der Waals surface area contributed by atoms with Crippen molar-refractivity contribution in [1.29, 1.82) is 0 Å². The molecule has 1 heterocycles. The number of carbonyl (C=O) groups excluding carboxylic acids is 1. The van der Waals surface area contributed by atoms with Crippen LogP contribution in [0.3, 0.4) is 0 Å². The third kappa shape index (κ3) is 4.84. The smallest absolute Gasteiger partial charge is 0.240 e. The second-order valence-electron chi connectivity index (χ2n) is 8.26. The molecule has 0 amide bonds. The number of sulfonamides is 1. The maximum absolute atomic E-state index is 13.0. The van der Waals surface area contributed by atoms with Gasteiger partial charge in [0.1, 0.15) is 0 Å². The number of aromatic amines is 1. The van der Waals surface area contributed by atoms with Crippen LogP contribution in [0.4, 0.5) is 5.69 Å². The number of ketones is 1. The maximum Gasteiger partial charge on any atom is 0.240 e. The Bertz CT molecular complexity index is 1370. The number of nitrogens with one attached hydrogen (secondary N) is 2. The fraction of sp³-hybridized carbons (Fsp3) is 0.192. The first-order valence-corrected chi connectivity index (χ1v) is 12.2. The first-order chi connectivity index (χ1) is 15.8. The average molecular weight is 462 g/mol. The third-order valence-electron chi connectivity index (χ3n) is 5.86. The molecular weight excluding hydrogens is 434 g/mol. The Morgan fingerprint density at radius 3 is 2.27 bits per heavy atom. The molecule has 4 rings (SSSR count). The summed E-state index contributed by atoms with van der Waals surface area (Å²) in [6, 6.07) is 22.1. The van der Waals surface area contributed by atoms with E-state index >= 15 is 0 Å². The monoisotopic (exact) mass is 461 g/mol. The number of nitrogens with zero attached hydrogens (tertiary/aromatic N) is 1. The van der Waals surface area contributed by atoms with Crippen LogP contribution >= 0.6 is 0 Å². The zero-order valence-corrected chi connectivity index (χ0v) is 19.7. The second kappa shape index (κ2) is 9.21. The minimum absolute atomic E-state index is 0.104. The zero-order chi connectivity index (χ0) is 23.6. The number of H-pyrrole nitrogens is 1. The van der Waals surface area contributed by atoms with Crippen LogP contribution in [0.1, 0.15) is 34.3 Å². The molecule has 1 aromatic heterocycles. The maximum atomic E-state index is 13.0. The SMILES string of the molecule is CC(=O)c1ccc(S(=O)(=O)NCC(c2ccc(N(C)C)cc2)c2c[nH]c3ccccc23)cc1. The van der Waals surface area contributed by atoms with Gasteiger partial charge in [0, 0.05) is 54.9 Å². The van der Waals surface area contributed by atoms with Gasteiger partial charge in [0.25, 0.3) is 0 Å². The number of aromatic nitrogens is 1. The van der Waals surface area contributed by atoms with E-state index < -0.39 is 10.0 Å². The molecule has 7 heteroatoms. The van der Waals surface area contributed by atoms with Gasteiger partial charge in [-0.25, -0.2) is 13.1 Å². The third-order valence-corrected chi connectivity index (χ3v) is 7.30. The summed E-state index contributed by atoms with van der Waals surface area (Å²) in [5.41, 5.74) is 4.59. The summed E-state index contributed by atoms with van der Waals surface area (Å²) in [7, 11) is 0.216. The lowest BCUT2D eigenvalue weighted by Gasteiger charge is -2.20. The Labute approximate surface area is 194 Å². The molecule has 0 fully saturated rings. The number of hydrogen-bond acceptors (Lipinski definition) is 4. The van der Waals surface area contributed by atoms with Gasteiger partial charge < -0.3 is 9.88 Å². The summed E-state index contributed by atoms with van der Waals surface area (Å²) < 4.78 is 28.8. The molecular formula is C26H27N3O3S. The Hall–Kier alpha value is -3.42. The van der Waals surface area contributed by atoms with Crippen molar-refractivity contribution in [2.45, 2.75) is 17.7 Å². The number of fused-ring (bicyclic) bond motifs is 1. The first kappa shape index (κ1) is 22.8. The van der Waals surface area contributed by atoms with Gasteiger partial charge in [0.05, 0.1) is 4.90 Å². The van der Waals surface area contributed by atoms with Crippen molar-refractivity contribution >= 4 is 32.4 Å². The molecule has 4 aromatic rings. The van der Waals surface area contributed by atoms with E-state index in [2.05, 4.69) is 9.71 Å². The highest BCUT2D eigenvalue weighted by Gasteiger charge is 2.22. The summed E-state index contributed by atoms with van der Waals surface area (Å²) in [5.74, 6) is -0.295. The van der Waals surface area contributed by atoms with Gasteiger partial charge in [-0.1, -0.05) is 42.5 Å². The summed E-state index contributed by atoms with van der Waals surface area (Å²) in [4.78, 5) is 17.0. The van der Waals surface area contributed by atoms with Crippen LogP contribution in [0.2, 0.25) is 0 Å². The van der Waals surface area contributed by atoms with Gasteiger partial charge in [0.2, 0.25) is 10.0 Å². The first-order valence-electron chi connectivity index (χ1n) is 10.7. The van der Waals surface area contributed by atoms with Gasteiger partial charge >= 0.3 is 0 Å². The molecule has 6 nitrogen and oxygen atoms in total. The van der Waals surface area contributed by atoms with E-state index in [0.717, 1.165) is 27.7 Å². The van der Waals surface area contributed by atoms with Crippen molar-refractivity contribution in [3.63, 3.8) is 0 Å². The number of hydrogen-bond donors (Lipinski definition) is 2. The quantitative estimate of drug-likeness (QED) is 0.377. The largest absolute Gasteiger partial charge is 0.378 e. The molecule has 0 aliphatic rings. The standard InChI is InChI=1S/C26H27N3O3S/c1-18(30)19-10-14-22(15-11-19)33(31,32)28-17-24(20-8-12-21(13-9-20)29(2)3)25-16-27-26-7-5-4-6-23(25)26/h4-16,24,27-28H,17H2,1-3H3. The number of para-hydroxylation sites is 1. The lowest BCUT2D eigenvalue weighted by atomic mass is 9.91. The minimum Gasteiger partial charge on any atom is -0.378 e. The summed E-state index contributed by atoms with van der Waals surface area (Å²) >= 11 is 0. The Morgan fingerprint density at radius 1 is 0.970 bits per heavy atom. The van der Waals surface area contributed by atoms with Gasteiger partial charge in [0.15, 0.2) is 5.78 Å². The molecule has 0 aliphatic heterocycles. The van der Waals surface area contributed by atoms with E-state index in [-0.39, 0.29) is 23.1 Å². The molecule has 33 heavy (non-hydrogen) atoms. The van der Waals surface area contributed by atoms with Gasteiger partial charge in [-0.05, 0) is 48.4 Å². The van der Waals surface area contributed by atoms with Crippen molar-refractivity contribution in [3.05, 3.63) is 95.7 Å². The number of anilines is 1. The van der Waals surface area contributed by atoms with Crippen LogP contribution < -0.4 is 9.62 Å². The lowest BCUT2D eigenvalue weighted by Crippen LogP contribution is -2.29. The van der Waals surface area contributed by atoms with Crippen LogP contribution in [0, 0.1) is 0 Å². The molecule has 170 valence electrons. The summed E-state index contributed by atoms with van der Waals surface area (Å²) in [6.45, 7) is 1.65. The summed E-state index contributed by atoms with van der Waals surface area (Å²) in [6.07, 6.45) is 1.95. The van der Waals surface area contributed by atoms with E-state index in [1.54, 1.807) is 0 Å². The normalized spacial score (nSPS) is 12.6. The fourth-order valence-electron chi connectivity index (χ4n) is 3.94. The van der Waals surface area contributed by atoms with E-state index in [1.807, 2.05) is 73.7 Å². The van der Waals surface area contributed by atoms with E-state index in [0.29, 0.717) is 5.56 Å². The van der Waals surface area contributed by atoms with Gasteiger partial charge in [-0.2, -0.15) is 0 Å². The van der Waals surface area contributed by atoms with Gasteiger partial charge in [-0.3, -0.25) is 4.79 Å². The fourth-order valence-corrected chi connectivity index (χ4v) is 4.99. The van der Waals surface area contributed by atoms with Crippen LogP contribution in [0.15, 0.2) is 83.9 Å². The Kier molecular flexibility index (Phi) is 6.35. The van der Waals surface area contributed by atoms with Crippen LogP contribution in [0.5, 0.6) is 0 Å². The molecule has 1 unspecified atom stereocenters. The van der Waals surface area contributed by atoms with E-state index in [4.69, 9.17) is 0 Å². The van der Waals surface area contributed by atoms with Crippen molar-refractivity contribution < 1.29 is 13.2 Å². The Morgan fingerprint density at radius 2 is 1.64 bits per heavy atom. The van der Waals surface area contributed by atoms with E-state index in [1.165, 1.54) is 31.2 Å². The van der Waals surface area contributed by atoms with Crippen LogP contribution in [-0.4, -0.2) is 39.8 Å². The molecule has 3 aromatic carbocycles. The number of carbonyl (C=O) groups is 1. The molecule has 0 spiro atoms. The van der Waals surface area contributed by atoms with E-state index in [9.17, 15) is 13.2 Å². The minimum atomic E-state index is -3.75. The van der Waals surface area contributed by atoms with Gasteiger partial charge in [-0.15, -0.1) is 0 Å². The molecule has 0 bridgehead atoms. The van der Waals surface area contributed by atoms with Crippen molar-refractivity contribution in [2.75, 3.05) is 25.5 Å². The summed E-state index contributed by atoms with van der Waals surface area (Å²) in [5, 5.41) is 1.06. The predicted octanol–water partition coefficient (Wildman–Crippen LogP) is 4.55. The highest BCUT2D eigenvalue weighted by Crippen LogP contribution is 2.31. The highest BCUT2D eigenvalue weighted by molar-refractivity contribution is 7.89. The molecule has 0 radical (unpaired) electrons. The average Bonchev–Trinajstić information content (AvgIpc) is 3.23. The molecule has 0 saturated carbocycles. The van der Waals surface area contributed by atoms with Crippen molar-refractivity contribution in [2.24, 2.45) is 0 Å². The number of rotatable bonds is 8. The predicted molar refractivity (Wildman–Crippen MR) is 133 cm³/mol. The lowest BCUT2D eigenvalue weighted by molar-refractivity contribution is 0.101. The second-order valence-corrected chi connectivity index (χ2v) is 10.0. The number of Topliss-reactive ketones (excluding diaryl/α,β-unsaturated/α-hetero) is 1. The van der Waals surface area contributed by atoms with Crippen molar-refractivity contribution in [3.8, 4) is 0 Å². The zero-order valence-electron chi connectivity index (χ0n) is 18.9.